The average molecular weight is 264 g/mol. The van der Waals surface area contributed by atoms with Crippen molar-refractivity contribution in [3.8, 4) is 0 Å². The molecule has 1 aromatic carbocycles. The molecule has 2 rings (SSSR count). The molecule has 0 radical (unpaired) electrons. The fourth-order valence-corrected chi connectivity index (χ4v) is 2.16. The third-order valence-electron chi connectivity index (χ3n) is 3.39. The number of rotatable bonds is 5. The zero-order chi connectivity index (χ0) is 13.7. The van der Waals surface area contributed by atoms with Crippen molar-refractivity contribution in [3.05, 3.63) is 35.4 Å². The molecule has 104 valence electrons. The monoisotopic (exact) mass is 264 g/mol. The maximum atomic E-state index is 11.9. The van der Waals surface area contributed by atoms with Gasteiger partial charge in [-0.3, -0.25) is 4.79 Å². The first kappa shape index (κ1) is 14.0. The Kier molecular flexibility index (Phi) is 4.52. The fourth-order valence-electron chi connectivity index (χ4n) is 2.16. The van der Waals surface area contributed by atoms with Gasteiger partial charge in [0.2, 0.25) is 5.91 Å². The molecule has 0 spiro atoms. The Balaban J connectivity index is 1.87. The lowest BCUT2D eigenvalue weighted by Gasteiger charge is -2.20. The second-order valence-electron chi connectivity index (χ2n) is 4.95. The van der Waals surface area contributed by atoms with E-state index >= 15 is 0 Å². The molecule has 1 fully saturated rings. The summed E-state index contributed by atoms with van der Waals surface area (Å²) in [6, 6.07) is 7.61. The van der Waals surface area contributed by atoms with Gasteiger partial charge in [-0.05, 0) is 11.1 Å². The molecule has 5 heteroatoms. The molecular formula is C14H20N2O3. The zero-order valence-corrected chi connectivity index (χ0v) is 10.9. The van der Waals surface area contributed by atoms with Crippen LogP contribution in [0.5, 0.6) is 0 Å². The van der Waals surface area contributed by atoms with Crippen LogP contribution in [0.25, 0.3) is 0 Å². The molecule has 1 heterocycles. The topological polar surface area (TPSA) is 84.6 Å². The minimum absolute atomic E-state index is 0.110. The summed E-state index contributed by atoms with van der Waals surface area (Å²) in [7, 11) is 0. The van der Waals surface area contributed by atoms with Crippen LogP contribution in [0.15, 0.2) is 24.3 Å². The van der Waals surface area contributed by atoms with E-state index in [1.165, 1.54) is 0 Å². The smallest absolute Gasteiger partial charge is 0.224 e. The normalized spacial score (nSPS) is 22.4. The summed E-state index contributed by atoms with van der Waals surface area (Å²) in [6.07, 6.45) is 0.844. The summed E-state index contributed by atoms with van der Waals surface area (Å²) in [5, 5.41) is 12.8. The second-order valence-corrected chi connectivity index (χ2v) is 4.95. The van der Waals surface area contributed by atoms with Crippen molar-refractivity contribution < 1.29 is 14.6 Å². The van der Waals surface area contributed by atoms with Gasteiger partial charge >= 0.3 is 0 Å². The van der Waals surface area contributed by atoms with Crippen LogP contribution >= 0.6 is 0 Å². The highest BCUT2D eigenvalue weighted by Crippen LogP contribution is 2.17. The summed E-state index contributed by atoms with van der Waals surface area (Å²) in [6.45, 7) is 1.48. The number of nitrogens with one attached hydrogen (secondary N) is 1. The van der Waals surface area contributed by atoms with Gasteiger partial charge in [0.25, 0.3) is 0 Å². The molecule has 0 bridgehead atoms. The Morgan fingerprint density at radius 2 is 2.16 bits per heavy atom. The average Bonchev–Trinajstić information content (AvgIpc) is 2.85. The lowest BCUT2D eigenvalue weighted by Crippen LogP contribution is -2.43. The van der Waals surface area contributed by atoms with E-state index in [0.717, 1.165) is 11.1 Å². The molecule has 1 aliphatic heterocycles. The molecule has 0 aromatic heterocycles. The van der Waals surface area contributed by atoms with Crippen LogP contribution < -0.4 is 11.1 Å². The highest BCUT2D eigenvalue weighted by Gasteiger charge is 2.32. The number of benzene rings is 1. The summed E-state index contributed by atoms with van der Waals surface area (Å²) >= 11 is 0. The van der Waals surface area contributed by atoms with E-state index in [4.69, 9.17) is 10.5 Å². The summed E-state index contributed by atoms with van der Waals surface area (Å²) in [4.78, 5) is 11.9. The maximum Gasteiger partial charge on any atom is 0.224 e. The lowest BCUT2D eigenvalue weighted by molar-refractivity contribution is -0.121. The van der Waals surface area contributed by atoms with Gasteiger partial charge in [-0.1, -0.05) is 24.3 Å². The van der Waals surface area contributed by atoms with Gasteiger partial charge in [0.1, 0.15) is 5.60 Å². The van der Waals surface area contributed by atoms with Gasteiger partial charge in [-0.15, -0.1) is 0 Å². The number of carbonyl (C=O) groups excluding carboxylic acids is 1. The molecule has 1 aliphatic rings. The van der Waals surface area contributed by atoms with E-state index in [1.807, 2.05) is 24.3 Å². The highest BCUT2D eigenvalue weighted by atomic mass is 16.5. The van der Waals surface area contributed by atoms with Crippen LogP contribution in [0.4, 0.5) is 0 Å². The molecule has 1 aromatic rings. The van der Waals surface area contributed by atoms with Crippen LogP contribution in [0, 0.1) is 0 Å². The third kappa shape index (κ3) is 3.76. The van der Waals surface area contributed by atoms with Gasteiger partial charge in [0.05, 0.1) is 13.0 Å². The number of hydrogen-bond donors (Lipinski definition) is 3. The Morgan fingerprint density at radius 1 is 1.42 bits per heavy atom. The van der Waals surface area contributed by atoms with Crippen LogP contribution in [-0.2, 0) is 22.5 Å². The van der Waals surface area contributed by atoms with E-state index in [2.05, 4.69) is 5.32 Å². The van der Waals surface area contributed by atoms with Gasteiger partial charge < -0.3 is 20.9 Å². The Labute approximate surface area is 112 Å². The summed E-state index contributed by atoms with van der Waals surface area (Å²) in [5.41, 5.74) is 6.62. The number of ether oxygens (including phenoxy) is 1. The van der Waals surface area contributed by atoms with Gasteiger partial charge in [0, 0.05) is 26.1 Å². The molecule has 4 N–H and O–H groups in total. The molecule has 1 saturated heterocycles. The van der Waals surface area contributed by atoms with E-state index in [0.29, 0.717) is 19.6 Å². The summed E-state index contributed by atoms with van der Waals surface area (Å²) in [5.74, 6) is -0.110. The SMILES string of the molecule is NCc1ccccc1CC(=O)NCC1(O)CCOC1. The molecular weight excluding hydrogens is 244 g/mol. The second kappa shape index (κ2) is 6.14. The molecule has 1 amide bonds. The van der Waals surface area contributed by atoms with E-state index in [9.17, 15) is 9.90 Å². The van der Waals surface area contributed by atoms with Crippen LogP contribution in [0.3, 0.4) is 0 Å². The third-order valence-corrected chi connectivity index (χ3v) is 3.39. The minimum Gasteiger partial charge on any atom is -0.386 e. The van der Waals surface area contributed by atoms with Crippen molar-refractivity contribution in [1.29, 1.82) is 0 Å². The Bertz CT molecular complexity index is 442. The number of hydrogen-bond acceptors (Lipinski definition) is 4. The largest absolute Gasteiger partial charge is 0.386 e. The number of aliphatic hydroxyl groups is 1. The van der Waals surface area contributed by atoms with Crippen molar-refractivity contribution in [2.45, 2.75) is 25.0 Å². The molecule has 5 nitrogen and oxygen atoms in total. The number of nitrogens with two attached hydrogens (primary N) is 1. The molecule has 19 heavy (non-hydrogen) atoms. The van der Waals surface area contributed by atoms with Crippen LogP contribution in [0.2, 0.25) is 0 Å². The lowest BCUT2D eigenvalue weighted by atomic mass is 10.0. The van der Waals surface area contributed by atoms with Gasteiger partial charge in [0.15, 0.2) is 0 Å². The molecule has 1 atom stereocenters. The predicted octanol–water partition coefficient (Wildman–Crippen LogP) is -0.0446. The fraction of sp³-hybridized carbons (Fsp3) is 0.500. The quantitative estimate of drug-likeness (QED) is 0.696. The van der Waals surface area contributed by atoms with Crippen LogP contribution in [-0.4, -0.2) is 36.4 Å². The van der Waals surface area contributed by atoms with Crippen LogP contribution in [0.1, 0.15) is 17.5 Å². The summed E-state index contributed by atoms with van der Waals surface area (Å²) < 4.78 is 5.13. The van der Waals surface area contributed by atoms with Crippen molar-refractivity contribution in [1.82, 2.24) is 5.32 Å². The predicted molar refractivity (Wildman–Crippen MR) is 71.4 cm³/mol. The Morgan fingerprint density at radius 3 is 2.79 bits per heavy atom. The standard InChI is InChI=1S/C14H20N2O3/c15-8-12-4-2-1-3-11(12)7-13(17)16-9-14(18)5-6-19-10-14/h1-4,18H,5-10,15H2,(H,16,17). The first-order valence-corrected chi connectivity index (χ1v) is 6.47. The molecule has 1 unspecified atom stereocenters. The van der Waals surface area contributed by atoms with Crippen molar-refractivity contribution in [2.24, 2.45) is 5.73 Å². The molecule has 0 aliphatic carbocycles. The zero-order valence-electron chi connectivity index (χ0n) is 10.9. The van der Waals surface area contributed by atoms with E-state index < -0.39 is 5.60 Å². The Hall–Kier alpha value is -1.43. The first-order chi connectivity index (χ1) is 9.13. The minimum atomic E-state index is -0.914. The van der Waals surface area contributed by atoms with Crippen molar-refractivity contribution in [2.75, 3.05) is 19.8 Å². The molecule has 0 saturated carbocycles. The van der Waals surface area contributed by atoms with Gasteiger partial charge in [-0.2, -0.15) is 0 Å². The maximum absolute atomic E-state index is 11.9. The van der Waals surface area contributed by atoms with Crippen molar-refractivity contribution >= 4 is 5.91 Å². The number of amides is 1. The van der Waals surface area contributed by atoms with Crippen molar-refractivity contribution in [3.63, 3.8) is 0 Å². The highest BCUT2D eigenvalue weighted by molar-refractivity contribution is 5.79. The number of carbonyl (C=O) groups is 1. The van der Waals surface area contributed by atoms with Gasteiger partial charge in [-0.25, -0.2) is 0 Å². The van der Waals surface area contributed by atoms with E-state index in [-0.39, 0.29) is 25.5 Å². The first-order valence-electron chi connectivity index (χ1n) is 6.47. The van der Waals surface area contributed by atoms with E-state index in [1.54, 1.807) is 0 Å².